The lowest BCUT2D eigenvalue weighted by Crippen LogP contribution is -2.23. The summed E-state index contributed by atoms with van der Waals surface area (Å²) in [5.74, 6) is -1.88. The molecule has 5 aliphatic rings. The molecule has 5 heterocycles. The van der Waals surface area contributed by atoms with Crippen LogP contribution in [0.2, 0.25) is 0 Å². The van der Waals surface area contributed by atoms with E-state index in [4.69, 9.17) is 29.2 Å². The number of hydrogen-bond acceptors (Lipinski definition) is 11. The predicted octanol–water partition coefficient (Wildman–Crippen LogP) is 5.96. The van der Waals surface area contributed by atoms with Crippen molar-refractivity contribution in [3.05, 3.63) is 92.0 Å². The van der Waals surface area contributed by atoms with E-state index in [0.717, 1.165) is 46.5 Å². The molecule has 2 N–H and O–H groups in total. The molecule has 0 radical (unpaired) electrons. The molecule has 2 atom stereocenters. The molecule has 0 aromatic heterocycles. The number of aliphatic hydroxyl groups excluding tert-OH is 1. The van der Waals surface area contributed by atoms with Gasteiger partial charge in [0.1, 0.15) is 0 Å². The maximum atomic E-state index is 13.4. The van der Waals surface area contributed by atoms with Gasteiger partial charge in [0, 0.05) is 40.8 Å². The van der Waals surface area contributed by atoms with Crippen LogP contribution >= 0.6 is 0 Å². The van der Waals surface area contributed by atoms with Crippen molar-refractivity contribution in [3.8, 4) is 0 Å². The van der Waals surface area contributed by atoms with Crippen LogP contribution < -0.4 is 5.32 Å². The van der Waals surface area contributed by atoms with Gasteiger partial charge in [-0.25, -0.2) is 19.8 Å². The van der Waals surface area contributed by atoms with Crippen LogP contribution in [0.25, 0.3) is 0 Å². The summed E-state index contributed by atoms with van der Waals surface area (Å²) in [4.78, 5) is 53.8. The van der Waals surface area contributed by atoms with Crippen LogP contribution in [0.3, 0.4) is 0 Å². The Balaban J connectivity index is 1.87. The molecule has 5 aliphatic heterocycles. The second kappa shape index (κ2) is 14.0. The number of carbonyl (C=O) groups excluding carboxylic acids is 3. The molecule has 0 saturated carbocycles. The van der Waals surface area contributed by atoms with Crippen LogP contribution in [-0.2, 0) is 28.6 Å². The molecule has 0 amide bonds. The van der Waals surface area contributed by atoms with Crippen LogP contribution in [0.5, 0.6) is 0 Å². The van der Waals surface area contributed by atoms with Gasteiger partial charge in [0.2, 0.25) is 0 Å². The maximum Gasteiger partial charge on any atom is 0.340 e. The van der Waals surface area contributed by atoms with Crippen LogP contribution in [0.15, 0.2) is 107 Å². The second-order valence-electron chi connectivity index (χ2n) is 12.1. The fraction of sp³-hybridized carbons (Fsp3) is 0.405. The van der Waals surface area contributed by atoms with E-state index in [-0.39, 0.29) is 41.9 Å². The molecule has 0 aromatic rings. The molecular formula is C37H42N4O7. The van der Waals surface area contributed by atoms with Crippen molar-refractivity contribution in [3.63, 3.8) is 0 Å². The third kappa shape index (κ3) is 6.05. The Morgan fingerprint density at radius 3 is 2.19 bits per heavy atom. The average molecular weight is 655 g/mol. The number of hydrogen-bond donors (Lipinski definition) is 2. The predicted molar refractivity (Wildman–Crippen MR) is 183 cm³/mol. The first kappa shape index (κ1) is 34.3. The highest BCUT2D eigenvalue weighted by Gasteiger charge is 2.40. The van der Waals surface area contributed by atoms with Crippen molar-refractivity contribution in [2.75, 3.05) is 21.3 Å². The molecule has 0 aliphatic carbocycles. The molecule has 1 fully saturated rings. The zero-order valence-corrected chi connectivity index (χ0v) is 28.7. The van der Waals surface area contributed by atoms with Gasteiger partial charge in [-0.1, -0.05) is 20.8 Å². The average Bonchev–Trinajstić information content (AvgIpc) is 3.78. The maximum absolute atomic E-state index is 13.4. The SMILES string of the molecule is CCC1=C(C)C2=NC1=CC1=NC(=C(CC)/C1=C\O)C=C1N=C(C(CC(=O)OC)=C3NC(=C2)[C@@H](C)[C@@H]3CCC(=O)OC)C(C(=O)OC)=C1C. The molecule has 0 spiro atoms. The van der Waals surface area contributed by atoms with E-state index in [1.807, 2.05) is 26.0 Å². The lowest BCUT2D eigenvalue weighted by Gasteiger charge is -2.19. The molecule has 11 heteroatoms. The summed E-state index contributed by atoms with van der Waals surface area (Å²) >= 11 is 0. The number of allylic oxidation sites excluding steroid dienone is 10. The van der Waals surface area contributed by atoms with Crippen LogP contribution in [-0.4, -0.2) is 61.5 Å². The summed E-state index contributed by atoms with van der Waals surface area (Å²) in [6.07, 6.45) is 8.44. The monoisotopic (exact) mass is 654 g/mol. The van der Waals surface area contributed by atoms with Gasteiger partial charge in [-0.2, -0.15) is 0 Å². The third-order valence-electron chi connectivity index (χ3n) is 9.62. The van der Waals surface area contributed by atoms with Gasteiger partial charge < -0.3 is 24.6 Å². The van der Waals surface area contributed by atoms with Crippen molar-refractivity contribution in [2.24, 2.45) is 26.8 Å². The van der Waals surface area contributed by atoms with E-state index in [9.17, 15) is 19.5 Å². The van der Waals surface area contributed by atoms with Gasteiger partial charge in [0.15, 0.2) is 0 Å². The van der Waals surface area contributed by atoms with Gasteiger partial charge in [0.05, 0.1) is 73.8 Å². The summed E-state index contributed by atoms with van der Waals surface area (Å²) in [5, 5.41) is 14.0. The number of nitrogens with zero attached hydrogens (tertiary/aromatic N) is 3. The standard InChI is InChI=1S/C37H42N4O7/c1-9-21-18(3)26-14-27-19(4)23(11-12-32(43)46-6)35(40-27)24(13-33(44)47-7)36-34(37(45)48-8)20(5)28(41-36)15-30-22(10-2)25(17-42)31(39-30)16-29(21)38-26/h14-17,19,23,40,42H,9-13H2,1-8H3/b25-17+,27-14?,28-15?,29-16?,35-24?/t19-,23-/m0/s1. The van der Waals surface area contributed by atoms with Gasteiger partial charge in [-0.3, -0.25) is 9.59 Å². The summed E-state index contributed by atoms with van der Waals surface area (Å²) in [6.45, 7) is 9.92. The van der Waals surface area contributed by atoms with Gasteiger partial charge >= 0.3 is 17.9 Å². The van der Waals surface area contributed by atoms with E-state index in [1.54, 1.807) is 13.0 Å². The second-order valence-corrected chi connectivity index (χ2v) is 12.1. The van der Waals surface area contributed by atoms with Gasteiger partial charge in [-0.05, 0) is 73.6 Å². The molecule has 11 nitrogen and oxygen atoms in total. The summed E-state index contributed by atoms with van der Waals surface area (Å²) in [7, 11) is 3.96. The van der Waals surface area contributed by atoms with Crippen LogP contribution in [0, 0.1) is 11.8 Å². The first-order chi connectivity index (χ1) is 23.0. The van der Waals surface area contributed by atoms with E-state index in [0.29, 0.717) is 52.4 Å². The number of nitrogens with one attached hydrogen (secondary N) is 1. The Kier molecular flexibility index (Phi) is 9.98. The fourth-order valence-electron chi connectivity index (χ4n) is 6.90. The molecule has 252 valence electrons. The Morgan fingerprint density at radius 1 is 0.854 bits per heavy atom. The summed E-state index contributed by atoms with van der Waals surface area (Å²) in [5.41, 5.74) is 9.66. The number of aliphatic hydroxyl groups is 1. The Hall–Kier alpha value is -5.06. The fourth-order valence-corrected chi connectivity index (χ4v) is 6.90. The molecule has 48 heavy (non-hydrogen) atoms. The first-order valence-corrected chi connectivity index (χ1v) is 16.1. The number of ether oxygens (including phenoxy) is 3. The molecule has 0 aromatic carbocycles. The van der Waals surface area contributed by atoms with Crippen LogP contribution in [0.4, 0.5) is 0 Å². The van der Waals surface area contributed by atoms with Crippen molar-refractivity contribution in [1.82, 2.24) is 5.32 Å². The van der Waals surface area contributed by atoms with E-state index < -0.39 is 11.9 Å². The number of rotatable bonds is 8. The Bertz CT molecular complexity index is 1840. The van der Waals surface area contributed by atoms with Crippen molar-refractivity contribution < 1.29 is 33.7 Å². The third-order valence-corrected chi connectivity index (χ3v) is 9.62. The minimum absolute atomic E-state index is 0.133. The summed E-state index contributed by atoms with van der Waals surface area (Å²) < 4.78 is 15.3. The normalized spacial score (nSPS) is 22.7. The minimum atomic E-state index is -0.607. The molecule has 1 saturated heterocycles. The zero-order valence-electron chi connectivity index (χ0n) is 28.7. The van der Waals surface area contributed by atoms with E-state index in [2.05, 4.69) is 19.2 Å². The number of carbonyl (C=O) groups is 3. The van der Waals surface area contributed by atoms with Gasteiger partial charge in [-0.15, -0.1) is 0 Å². The topological polar surface area (TPSA) is 148 Å². The first-order valence-electron chi connectivity index (χ1n) is 16.1. The molecule has 0 unspecified atom stereocenters. The van der Waals surface area contributed by atoms with E-state index in [1.165, 1.54) is 21.3 Å². The van der Waals surface area contributed by atoms with Crippen LogP contribution in [0.1, 0.15) is 66.7 Å². The molecule has 5 rings (SSSR count). The molecule has 8 bridgehead atoms. The number of fused-ring (bicyclic) bond motifs is 5. The Morgan fingerprint density at radius 2 is 1.56 bits per heavy atom. The van der Waals surface area contributed by atoms with Gasteiger partial charge in [0.25, 0.3) is 0 Å². The zero-order chi connectivity index (χ0) is 34.9. The highest BCUT2D eigenvalue weighted by atomic mass is 16.5. The summed E-state index contributed by atoms with van der Waals surface area (Å²) in [6, 6.07) is 0. The number of esters is 3. The highest BCUT2D eigenvalue weighted by molar-refractivity contribution is 6.30. The highest BCUT2D eigenvalue weighted by Crippen LogP contribution is 2.43. The Labute approximate surface area is 280 Å². The van der Waals surface area contributed by atoms with Crippen molar-refractivity contribution >= 4 is 35.0 Å². The lowest BCUT2D eigenvalue weighted by atomic mass is 9.84. The van der Waals surface area contributed by atoms with Crippen molar-refractivity contribution in [2.45, 2.75) is 66.7 Å². The quantitative estimate of drug-likeness (QED) is 0.185. The largest absolute Gasteiger partial charge is 0.515 e. The van der Waals surface area contributed by atoms with E-state index >= 15 is 0 Å². The van der Waals surface area contributed by atoms with Crippen molar-refractivity contribution in [1.29, 1.82) is 0 Å². The number of methoxy groups -OCH3 is 3. The smallest absolute Gasteiger partial charge is 0.340 e. The number of aliphatic imine (C=N–C) groups is 3. The minimum Gasteiger partial charge on any atom is -0.515 e. The molecular weight excluding hydrogens is 612 g/mol. The lowest BCUT2D eigenvalue weighted by molar-refractivity contribution is -0.141.